The molecule has 2 saturated heterocycles. The van der Waals surface area contributed by atoms with Crippen molar-refractivity contribution >= 4 is 0 Å². The summed E-state index contributed by atoms with van der Waals surface area (Å²) in [5.41, 5.74) is 4.51. The van der Waals surface area contributed by atoms with Crippen LogP contribution in [0.1, 0.15) is 98.5 Å². The highest BCUT2D eigenvalue weighted by Gasteiger charge is 2.48. The molecule has 2 heterocycles. The fourth-order valence-corrected chi connectivity index (χ4v) is 10.2. The van der Waals surface area contributed by atoms with Crippen LogP contribution in [-0.4, -0.2) is 93.1 Å². The zero-order valence-electron chi connectivity index (χ0n) is 43.7. The molecule has 0 amide bonds. The van der Waals surface area contributed by atoms with Crippen LogP contribution in [-0.2, 0) is 35.2 Å². The largest absolute Gasteiger partial charge is 0.508 e. The molecule has 8 N–H and O–H groups in total. The Morgan fingerprint density at radius 3 is 0.653 bits per heavy atom. The van der Waals surface area contributed by atoms with Crippen LogP contribution in [0.4, 0.5) is 0 Å². The van der Waals surface area contributed by atoms with Gasteiger partial charge in [-0.15, -0.1) is 0 Å². The molecule has 0 aromatic heterocycles. The molecule has 1 spiro atoms. The molecule has 394 valence electrons. The van der Waals surface area contributed by atoms with Gasteiger partial charge < -0.3 is 59.8 Å². The first-order chi connectivity index (χ1) is 35.6. The lowest BCUT2D eigenvalue weighted by molar-refractivity contribution is -0.337. The number of hydrogen-bond donors (Lipinski definition) is 8. The highest BCUT2D eigenvalue weighted by atomic mass is 16.7. The third kappa shape index (κ3) is 11.0. The Hall–Kier alpha value is -6.90. The number of hydrogen-bond acceptors (Lipinski definition) is 12. The first kappa shape index (κ1) is 54.4. The minimum Gasteiger partial charge on any atom is -0.508 e. The number of phenols is 6. The monoisotopic (exact) mass is 1020 g/mol. The SMILES string of the molecule is CC(C)(CO)C1OCC2(CO1)COC(C(C)(C)CO)OC2.CC(c1ccc(O)cc1)(c1ccc(O)cc1)c1cc(C(C)(c2ccc(O)cc2)c2ccc(O)cc2)cc(C(C)(c2ccc(O)cc2)c2ccc(O)cc2)c1. The maximum absolute atomic E-state index is 10.4. The standard InChI is InChI=1S/C48H42O6.C15H28O6/c1-46(31-4-16-40(49)17-5-31,32-6-18-41(50)19-7-32)37-28-38(47(2,33-8-20-42(51)21-9-33)34-10-22-43(52)23-11-34)30-39(29-37)48(3,35-12-24-44(53)25-13-35)36-14-26-45(54)27-15-36;1-13(2,5-16)11-18-7-15(8-19-11)9-20-12(21-10-15)14(3,4)6-17/h4-30,49-54H,1-3H3;11-12,16-17H,5-10H2,1-4H3. The molecule has 2 aliphatic rings. The topological polar surface area (TPSA) is 199 Å². The summed E-state index contributed by atoms with van der Waals surface area (Å²) in [6, 6.07) is 49.6. The number of benzene rings is 7. The Balaban J connectivity index is 0.000000297. The molecule has 2 fully saturated rings. The first-order valence-electron chi connectivity index (χ1n) is 25.2. The Labute approximate surface area is 439 Å². The molecule has 0 unspecified atom stereocenters. The predicted molar refractivity (Wildman–Crippen MR) is 287 cm³/mol. The van der Waals surface area contributed by atoms with Gasteiger partial charge in [-0.1, -0.05) is 119 Å². The quantitative estimate of drug-likeness (QED) is 0.0510. The summed E-state index contributed by atoms with van der Waals surface area (Å²) in [6.07, 6.45) is -0.834. The van der Waals surface area contributed by atoms with E-state index in [0.717, 1.165) is 50.1 Å². The van der Waals surface area contributed by atoms with Crippen molar-refractivity contribution in [3.05, 3.63) is 214 Å². The van der Waals surface area contributed by atoms with E-state index in [9.17, 15) is 40.9 Å². The normalized spacial score (nSPS) is 18.5. The van der Waals surface area contributed by atoms with Crippen molar-refractivity contribution < 1.29 is 59.8 Å². The molecular formula is C63H70O12. The number of aliphatic hydroxyl groups is 2. The van der Waals surface area contributed by atoms with Crippen molar-refractivity contribution in [2.24, 2.45) is 16.2 Å². The highest BCUT2D eigenvalue weighted by molar-refractivity contribution is 5.61. The molecular weight excluding hydrogens is 949 g/mol. The molecule has 2 aliphatic heterocycles. The van der Waals surface area contributed by atoms with Crippen molar-refractivity contribution in [1.82, 2.24) is 0 Å². The second kappa shape index (κ2) is 21.4. The van der Waals surface area contributed by atoms with Gasteiger partial charge in [0.05, 0.1) is 45.1 Å². The molecule has 0 atom stereocenters. The zero-order valence-corrected chi connectivity index (χ0v) is 43.7. The average molecular weight is 1020 g/mol. The molecule has 0 aliphatic carbocycles. The lowest BCUT2D eigenvalue weighted by Crippen LogP contribution is -2.56. The van der Waals surface area contributed by atoms with E-state index in [1.165, 1.54) is 0 Å². The van der Waals surface area contributed by atoms with Crippen LogP contribution in [0.3, 0.4) is 0 Å². The summed E-state index contributed by atoms with van der Waals surface area (Å²) >= 11 is 0. The zero-order chi connectivity index (χ0) is 54.0. The van der Waals surface area contributed by atoms with Crippen LogP contribution in [0, 0.1) is 16.2 Å². The minimum atomic E-state index is -0.832. The van der Waals surface area contributed by atoms with Crippen LogP contribution in [0.15, 0.2) is 164 Å². The summed E-state index contributed by atoms with van der Waals surface area (Å²) in [4.78, 5) is 0. The van der Waals surface area contributed by atoms with E-state index in [0.29, 0.717) is 26.4 Å². The Kier molecular flexibility index (Phi) is 15.5. The second-order valence-corrected chi connectivity index (χ2v) is 22.2. The molecule has 12 nitrogen and oxygen atoms in total. The van der Waals surface area contributed by atoms with Crippen LogP contribution in [0.2, 0.25) is 0 Å². The Morgan fingerprint density at radius 2 is 0.493 bits per heavy atom. The van der Waals surface area contributed by atoms with Crippen molar-refractivity contribution in [2.75, 3.05) is 39.6 Å². The Bertz CT molecular complexity index is 2530. The van der Waals surface area contributed by atoms with Crippen LogP contribution < -0.4 is 0 Å². The lowest BCUT2D eigenvalue weighted by Gasteiger charge is -2.48. The molecule has 7 aromatic carbocycles. The van der Waals surface area contributed by atoms with E-state index in [2.05, 4.69) is 39.0 Å². The number of aliphatic hydroxyl groups excluding tert-OH is 2. The number of rotatable bonds is 13. The van der Waals surface area contributed by atoms with Gasteiger partial charge in [0.2, 0.25) is 0 Å². The third-order valence-electron chi connectivity index (χ3n) is 15.6. The van der Waals surface area contributed by atoms with Gasteiger partial charge in [0.25, 0.3) is 0 Å². The predicted octanol–water partition coefficient (Wildman–Crippen LogP) is 10.7. The molecule has 12 heteroatoms. The van der Waals surface area contributed by atoms with Crippen molar-refractivity contribution in [1.29, 1.82) is 0 Å². The fraction of sp³-hybridized carbons (Fsp3) is 0.333. The fourth-order valence-electron chi connectivity index (χ4n) is 10.2. The maximum Gasteiger partial charge on any atom is 0.164 e. The maximum atomic E-state index is 10.4. The van der Waals surface area contributed by atoms with Gasteiger partial charge in [-0.2, -0.15) is 0 Å². The smallest absolute Gasteiger partial charge is 0.164 e. The Morgan fingerprint density at radius 1 is 0.320 bits per heavy atom. The lowest BCUT2D eigenvalue weighted by atomic mass is 9.63. The van der Waals surface area contributed by atoms with Crippen molar-refractivity contribution in [2.45, 2.75) is 77.3 Å². The number of aromatic hydroxyl groups is 6. The van der Waals surface area contributed by atoms with E-state index >= 15 is 0 Å². The van der Waals surface area contributed by atoms with Gasteiger partial charge in [0.15, 0.2) is 12.6 Å². The molecule has 0 bridgehead atoms. The van der Waals surface area contributed by atoms with E-state index in [1.54, 1.807) is 72.8 Å². The summed E-state index contributed by atoms with van der Waals surface area (Å²) in [5.74, 6) is 0.837. The van der Waals surface area contributed by atoms with E-state index < -0.39 is 39.7 Å². The van der Waals surface area contributed by atoms with E-state index in [4.69, 9.17) is 18.9 Å². The molecule has 0 radical (unpaired) electrons. The van der Waals surface area contributed by atoms with Crippen molar-refractivity contribution in [3.8, 4) is 34.5 Å². The second-order valence-electron chi connectivity index (χ2n) is 22.2. The number of ether oxygens (including phenoxy) is 4. The third-order valence-corrected chi connectivity index (χ3v) is 15.6. The van der Waals surface area contributed by atoms with Crippen LogP contribution >= 0.6 is 0 Å². The summed E-state index contributed by atoms with van der Waals surface area (Å²) in [7, 11) is 0. The van der Waals surface area contributed by atoms with Crippen LogP contribution in [0.5, 0.6) is 34.5 Å². The summed E-state index contributed by atoms with van der Waals surface area (Å²) < 4.78 is 23.1. The summed E-state index contributed by atoms with van der Waals surface area (Å²) in [5, 5.41) is 81.0. The molecule has 75 heavy (non-hydrogen) atoms. The van der Waals surface area contributed by atoms with E-state index in [1.807, 2.05) is 100 Å². The highest BCUT2D eigenvalue weighted by Crippen LogP contribution is 2.49. The van der Waals surface area contributed by atoms with Crippen molar-refractivity contribution in [3.63, 3.8) is 0 Å². The number of phenolic OH excluding ortho intramolecular Hbond substituents is 6. The van der Waals surface area contributed by atoms with Gasteiger partial charge in [-0.05, 0) is 144 Å². The molecule has 9 rings (SSSR count). The van der Waals surface area contributed by atoms with Gasteiger partial charge in [-0.3, -0.25) is 0 Å². The molecule has 0 saturated carbocycles. The summed E-state index contributed by atoms with van der Waals surface area (Å²) in [6.45, 7) is 15.9. The average Bonchev–Trinajstić information content (AvgIpc) is 3.42. The van der Waals surface area contributed by atoms with Gasteiger partial charge in [0.1, 0.15) is 34.5 Å². The molecule has 7 aromatic rings. The minimum absolute atomic E-state index is 0.00440. The van der Waals surface area contributed by atoms with Crippen LogP contribution in [0.25, 0.3) is 0 Å². The van der Waals surface area contributed by atoms with Gasteiger partial charge >= 0.3 is 0 Å². The van der Waals surface area contributed by atoms with E-state index in [-0.39, 0.29) is 53.1 Å². The van der Waals surface area contributed by atoms with Gasteiger partial charge in [0, 0.05) is 27.1 Å². The van der Waals surface area contributed by atoms with Gasteiger partial charge in [-0.25, -0.2) is 0 Å². The first-order valence-corrected chi connectivity index (χ1v) is 25.2.